The van der Waals surface area contributed by atoms with Gasteiger partial charge in [0.1, 0.15) is 4.70 Å². The van der Waals surface area contributed by atoms with Gasteiger partial charge in [-0.05, 0) is 43.4 Å². The Morgan fingerprint density at radius 1 is 1.00 bits per heavy atom. The van der Waals surface area contributed by atoms with E-state index >= 15 is 0 Å². The molecule has 0 aliphatic rings. The lowest BCUT2D eigenvalue weighted by Crippen LogP contribution is -2.21. The molecule has 0 spiro atoms. The lowest BCUT2D eigenvalue weighted by molar-refractivity contribution is 0.354. The van der Waals surface area contributed by atoms with Crippen LogP contribution in [0.4, 0.5) is 0 Å². The molecule has 7 nitrogen and oxygen atoms in total. The zero-order valence-corrected chi connectivity index (χ0v) is 22.3. The predicted octanol–water partition coefficient (Wildman–Crippen LogP) is 6.04. The second kappa shape index (κ2) is 9.94. The number of nitrogens with zero attached hydrogens (tertiary/aromatic N) is 4. The molecule has 35 heavy (non-hydrogen) atoms. The quantitative estimate of drug-likeness (QED) is 0.142. The van der Waals surface area contributed by atoms with Crippen LogP contribution in [0.1, 0.15) is 10.7 Å². The predicted molar refractivity (Wildman–Crippen MR) is 145 cm³/mol. The molecular formula is C24H20N4O3S4. The van der Waals surface area contributed by atoms with Crippen molar-refractivity contribution >= 4 is 57.0 Å². The van der Waals surface area contributed by atoms with Crippen molar-refractivity contribution in [1.82, 2.24) is 19.1 Å². The smallest absolute Gasteiger partial charge is 0.278 e. The van der Waals surface area contributed by atoms with E-state index in [1.165, 1.54) is 23.1 Å². The Kier molecular flexibility index (Phi) is 6.74. The number of aryl methyl sites for hydroxylation is 1. The van der Waals surface area contributed by atoms with Gasteiger partial charge < -0.3 is 9.47 Å². The Balaban J connectivity index is 1.74. The minimum atomic E-state index is -0.190. The Morgan fingerprint density at radius 3 is 2.46 bits per heavy atom. The first-order chi connectivity index (χ1) is 17.0. The van der Waals surface area contributed by atoms with Crippen molar-refractivity contribution < 1.29 is 9.47 Å². The number of methoxy groups -OCH3 is 2. The molecule has 0 radical (unpaired) electrons. The molecule has 0 bridgehead atoms. The zero-order chi connectivity index (χ0) is 24.5. The molecule has 0 saturated carbocycles. The summed E-state index contributed by atoms with van der Waals surface area (Å²) in [5.41, 5.74) is 2.79. The molecule has 0 aliphatic heterocycles. The number of hydrogen-bond donors (Lipinski definition) is 0. The van der Waals surface area contributed by atoms with E-state index in [1.807, 2.05) is 53.3 Å². The van der Waals surface area contributed by atoms with E-state index in [0.717, 1.165) is 16.4 Å². The molecular weight excluding hydrogens is 521 g/mol. The topological polar surface area (TPSA) is 71.2 Å². The van der Waals surface area contributed by atoms with E-state index in [9.17, 15) is 4.79 Å². The average molecular weight is 541 g/mol. The number of thioether (sulfide) groups is 1. The largest absolute Gasteiger partial charge is 0.493 e. The van der Waals surface area contributed by atoms with Crippen LogP contribution in [-0.4, -0.2) is 33.3 Å². The number of aromatic nitrogens is 4. The van der Waals surface area contributed by atoms with Gasteiger partial charge in [0.15, 0.2) is 26.3 Å². The number of fused-ring (bicyclic) bond motifs is 1. The van der Waals surface area contributed by atoms with E-state index in [-0.39, 0.29) is 5.56 Å². The summed E-state index contributed by atoms with van der Waals surface area (Å²) in [5, 5.41) is 3.56. The van der Waals surface area contributed by atoms with Crippen LogP contribution in [0.15, 0.2) is 63.9 Å². The van der Waals surface area contributed by atoms with Crippen molar-refractivity contribution in [2.45, 2.75) is 17.8 Å². The second-order valence-corrected chi connectivity index (χ2v) is 11.1. The maximum Gasteiger partial charge on any atom is 0.278 e. The van der Waals surface area contributed by atoms with Gasteiger partial charge in [0.25, 0.3) is 5.56 Å². The van der Waals surface area contributed by atoms with E-state index < -0.39 is 0 Å². The zero-order valence-electron chi connectivity index (χ0n) is 19.0. The maximum atomic E-state index is 13.9. The summed E-state index contributed by atoms with van der Waals surface area (Å²) < 4.78 is 15.4. The van der Waals surface area contributed by atoms with Crippen molar-refractivity contribution in [1.29, 1.82) is 0 Å². The Labute approximate surface area is 218 Å². The van der Waals surface area contributed by atoms with Gasteiger partial charge in [-0.15, -0.1) is 11.3 Å². The molecule has 5 aromatic rings. The van der Waals surface area contributed by atoms with Gasteiger partial charge in [0.2, 0.25) is 0 Å². The van der Waals surface area contributed by atoms with Crippen LogP contribution in [-0.2, 0) is 5.75 Å². The van der Waals surface area contributed by atoms with Gasteiger partial charge in [0, 0.05) is 22.9 Å². The van der Waals surface area contributed by atoms with Gasteiger partial charge in [-0.25, -0.2) is 9.97 Å². The fourth-order valence-corrected chi connectivity index (χ4v) is 6.56. The first-order valence-corrected chi connectivity index (χ1v) is 13.6. The third-order valence-corrected chi connectivity index (χ3v) is 8.38. The molecule has 0 atom stereocenters. The second-order valence-electron chi connectivity index (χ2n) is 7.41. The van der Waals surface area contributed by atoms with E-state index in [4.69, 9.17) is 26.7 Å². The summed E-state index contributed by atoms with van der Waals surface area (Å²) in [6, 6.07) is 15.1. The maximum absolute atomic E-state index is 13.9. The molecule has 2 aromatic carbocycles. The number of ether oxygens (including phenoxy) is 2. The highest BCUT2D eigenvalue weighted by atomic mass is 32.2. The SMILES string of the molecule is COc1ccc(-n2c(SCc3csc(C)n3)nc3c(sc(=S)n3-c3ccccc3)c2=O)cc1OC. The molecule has 178 valence electrons. The van der Waals surface area contributed by atoms with Crippen molar-refractivity contribution in [3.63, 3.8) is 0 Å². The molecule has 11 heteroatoms. The van der Waals surface area contributed by atoms with Crippen LogP contribution in [0.3, 0.4) is 0 Å². The van der Waals surface area contributed by atoms with Crippen LogP contribution < -0.4 is 15.0 Å². The summed E-state index contributed by atoms with van der Waals surface area (Å²) in [6.07, 6.45) is 0. The van der Waals surface area contributed by atoms with E-state index in [2.05, 4.69) is 4.98 Å². The third kappa shape index (κ3) is 4.52. The summed E-state index contributed by atoms with van der Waals surface area (Å²) in [6.45, 7) is 1.97. The van der Waals surface area contributed by atoms with Crippen LogP contribution in [0.5, 0.6) is 11.5 Å². The van der Waals surface area contributed by atoms with Crippen LogP contribution in [0, 0.1) is 10.9 Å². The highest BCUT2D eigenvalue weighted by Gasteiger charge is 2.20. The van der Waals surface area contributed by atoms with Gasteiger partial charge in [-0.3, -0.25) is 13.9 Å². The molecule has 3 heterocycles. The average Bonchev–Trinajstić information content (AvgIpc) is 3.45. The lowest BCUT2D eigenvalue weighted by Gasteiger charge is -2.15. The molecule has 0 aliphatic carbocycles. The minimum Gasteiger partial charge on any atom is -0.493 e. The fourth-order valence-electron chi connectivity index (χ4n) is 3.64. The van der Waals surface area contributed by atoms with E-state index in [1.54, 1.807) is 42.3 Å². The van der Waals surface area contributed by atoms with Crippen molar-refractivity contribution in [2.24, 2.45) is 0 Å². The van der Waals surface area contributed by atoms with Crippen molar-refractivity contribution in [3.8, 4) is 22.9 Å². The first kappa shape index (κ1) is 23.7. The molecule has 5 rings (SSSR count). The van der Waals surface area contributed by atoms with Crippen LogP contribution in [0.2, 0.25) is 0 Å². The molecule has 0 fully saturated rings. The number of benzene rings is 2. The monoisotopic (exact) mass is 540 g/mol. The number of thiazole rings is 2. The standard InChI is InChI=1S/C24H20N4O3S4/c1-14-25-15(12-33-14)13-34-23-26-21-20(35-24(32)27(21)16-7-5-4-6-8-16)22(29)28(23)17-9-10-18(30-2)19(11-17)31-3/h4-12H,13H2,1-3H3. The van der Waals surface area contributed by atoms with Gasteiger partial charge in [-0.2, -0.15) is 0 Å². The third-order valence-electron chi connectivity index (χ3n) is 5.23. The van der Waals surface area contributed by atoms with E-state index in [0.29, 0.717) is 42.4 Å². The Morgan fingerprint density at radius 2 is 1.77 bits per heavy atom. The Bertz CT molecular complexity index is 1640. The van der Waals surface area contributed by atoms with Crippen LogP contribution >= 0.6 is 46.7 Å². The lowest BCUT2D eigenvalue weighted by atomic mass is 10.2. The molecule has 3 aromatic heterocycles. The van der Waals surface area contributed by atoms with Gasteiger partial charge in [-0.1, -0.05) is 41.3 Å². The number of rotatable bonds is 7. The highest BCUT2D eigenvalue weighted by Crippen LogP contribution is 2.33. The van der Waals surface area contributed by atoms with Crippen molar-refractivity contribution in [2.75, 3.05) is 14.2 Å². The molecule has 0 unspecified atom stereocenters. The minimum absolute atomic E-state index is 0.190. The summed E-state index contributed by atoms with van der Waals surface area (Å²) >= 11 is 9.97. The molecule has 0 amide bonds. The summed E-state index contributed by atoms with van der Waals surface area (Å²) in [5.74, 6) is 1.68. The highest BCUT2D eigenvalue weighted by molar-refractivity contribution is 7.98. The summed E-state index contributed by atoms with van der Waals surface area (Å²) in [4.78, 5) is 23.4. The van der Waals surface area contributed by atoms with Crippen molar-refractivity contribution in [3.05, 3.63) is 78.9 Å². The molecule has 0 N–H and O–H groups in total. The normalized spacial score (nSPS) is 11.2. The van der Waals surface area contributed by atoms with Gasteiger partial charge >= 0.3 is 0 Å². The number of para-hydroxylation sites is 1. The fraction of sp³-hybridized carbons (Fsp3) is 0.167. The number of hydrogen-bond acceptors (Lipinski definition) is 9. The summed E-state index contributed by atoms with van der Waals surface area (Å²) in [7, 11) is 3.14. The Hall–Kier alpha value is -2.99. The van der Waals surface area contributed by atoms with Crippen LogP contribution in [0.25, 0.3) is 21.7 Å². The molecule has 0 saturated heterocycles. The first-order valence-electron chi connectivity index (χ1n) is 10.5. The van der Waals surface area contributed by atoms with Gasteiger partial charge in [0.05, 0.1) is 30.6 Å².